The first-order valence-electron chi connectivity index (χ1n) is 16.8. The van der Waals surface area contributed by atoms with Crippen molar-refractivity contribution in [2.24, 2.45) is 28.2 Å². The molecule has 46 heavy (non-hydrogen) atoms. The zero-order chi connectivity index (χ0) is 32.0. The van der Waals surface area contributed by atoms with E-state index in [2.05, 4.69) is 43.2 Å². The number of halogens is 1. The molecule has 0 amide bonds. The summed E-state index contributed by atoms with van der Waals surface area (Å²) in [6, 6.07) is 22.8. The molecule has 0 radical (unpaired) electrons. The molecule has 1 aromatic heterocycles. The highest BCUT2D eigenvalue weighted by atomic mass is 19.1. The topological polar surface area (TPSA) is 74.5 Å². The number of aliphatic imine (C=N–C) groups is 1. The van der Waals surface area contributed by atoms with E-state index in [1.807, 2.05) is 48.5 Å². The highest BCUT2D eigenvalue weighted by Crippen LogP contribution is 2.61. The SMILES string of the molecule is C[C@@H]1[C@@H](N=C(Nc2ccc3c(=O)n(CCc4ccc(F)cc4)c(-c4ccccc4)nc3c2)N2CCN[C@@H](C)C2)C[C@@H]2C[C@H]1C2(C)C. The van der Waals surface area contributed by atoms with Gasteiger partial charge in [0, 0.05) is 43.5 Å². The van der Waals surface area contributed by atoms with Gasteiger partial charge in [0.2, 0.25) is 0 Å². The first-order chi connectivity index (χ1) is 22.2. The number of nitrogens with one attached hydrogen (secondary N) is 2. The molecule has 3 saturated carbocycles. The molecule has 0 unspecified atom stereocenters. The summed E-state index contributed by atoms with van der Waals surface area (Å²) in [5.41, 5.74) is 3.70. The lowest BCUT2D eigenvalue weighted by Gasteiger charge is -2.61. The van der Waals surface area contributed by atoms with Gasteiger partial charge in [-0.05, 0) is 85.3 Å². The fourth-order valence-electron chi connectivity index (χ4n) is 8.10. The first-order valence-corrected chi connectivity index (χ1v) is 16.8. The van der Waals surface area contributed by atoms with Crippen molar-refractivity contribution in [1.82, 2.24) is 19.8 Å². The maximum atomic E-state index is 14.0. The van der Waals surface area contributed by atoms with E-state index < -0.39 is 0 Å². The van der Waals surface area contributed by atoms with Crippen LogP contribution in [0.25, 0.3) is 22.3 Å². The summed E-state index contributed by atoms with van der Waals surface area (Å²) in [5, 5.41) is 7.82. The predicted octanol–water partition coefficient (Wildman–Crippen LogP) is 6.58. The minimum absolute atomic E-state index is 0.0831. The Hall–Kier alpha value is -4.04. The number of hydrogen-bond acceptors (Lipinski definition) is 4. The Labute approximate surface area is 271 Å². The minimum Gasteiger partial charge on any atom is -0.340 e. The van der Waals surface area contributed by atoms with Gasteiger partial charge in [-0.25, -0.2) is 14.4 Å². The van der Waals surface area contributed by atoms with Crippen LogP contribution in [0.1, 0.15) is 46.1 Å². The van der Waals surface area contributed by atoms with Crippen LogP contribution >= 0.6 is 0 Å². The Morgan fingerprint density at radius 3 is 2.57 bits per heavy atom. The third-order valence-corrected chi connectivity index (χ3v) is 11.1. The zero-order valence-electron chi connectivity index (χ0n) is 27.3. The van der Waals surface area contributed by atoms with Gasteiger partial charge in [0.15, 0.2) is 5.96 Å². The number of hydrogen-bond donors (Lipinski definition) is 2. The van der Waals surface area contributed by atoms with Crippen molar-refractivity contribution < 1.29 is 4.39 Å². The fourth-order valence-corrected chi connectivity index (χ4v) is 8.10. The van der Waals surface area contributed by atoms with E-state index in [-0.39, 0.29) is 11.4 Å². The Bertz CT molecular complexity index is 1800. The van der Waals surface area contributed by atoms with Crippen molar-refractivity contribution in [3.05, 3.63) is 94.5 Å². The van der Waals surface area contributed by atoms with E-state index in [9.17, 15) is 9.18 Å². The highest BCUT2D eigenvalue weighted by molar-refractivity contribution is 5.96. The molecule has 1 aliphatic heterocycles. The molecular weight excluding hydrogens is 575 g/mol. The molecule has 3 aromatic carbocycles. The molecule has 8 heteroatoms. The molecule has 5 atom stereocenters. The summed E-state index contributed by atoms with van der Waals surface area (Å²) in [7, 11) is 0. The van der Waals surface area contributed by atoms with Gasteiger partial charge in [0.25, 0.3) is 5.56 Å². The van der Waals surface area contributed by atoms with Gasteiger partial charge in [-0.15, -0.1) is 0 Å². The van der Waals surface area contributed by atoms with Crippen molar-refractivity contribution in [1.29, 1.82) is 0 Å². The van der Waals surface area contributed by atoms with Crippen LogP contribution in [0.2, 0.25) is 0 Å². The number of aryl methyl sites for hydroxylation is 1. The lowest BCUT2D eigenvalue weighted by molar-refractivity contribution is -0.108. The van der Waals surface area contributed by atoms with Crippen LogP contribution in [0.4, 0.5) is 10.1 Å². The van der Waals surface area contributed by atoms with Crippen LogP contribution in [0, 0.1) is 29.0 Å². The van der Waals surface area contributed by atoms with E-state index >= 15 is 0 Å². The summed E-state index contributed by atoms with van der Waals surface area (Å²) in [5.74, 6) is 3.26. The van der Waals surface area contributed by atoms with Crippen LogP contribution in [-0.2, 0) is 13.0 Å². The third kappa shape index (κ3) is 5.83. The van der Waals surface area contributed by atoms with Crippen LogP contribution in [0.15, 0.2) is 82.6 Å². The van der Waals surface area contributed by atoms with E-state index in [1.165, 1.54) is 18.6 Å². The molecule has 4 aromatic rings. The number of nitrogens with zero attached hydrogens (tertiary/aromatic N) is 4. The Morgan fingerprint density at radius 1 is 1.07 bits per heavy atom. The summed E-state index contributed by atoms with van der Waals surface area (Å²) in [6.45, 7) is 12.6. The monoisotopic (exact) mass is 620 g/mol. The van der Waals surface area contributed by atoms with Crippen LogP contribution in [0.3, 0.4) is 0 Å². The van der Waals surface area contributed by atoms with E-state index in [1.54, 1.807) is 16.7 Å². The second kappa shape index (κ2) is 12.3. The molecule has 3 aliphatic carbocycles. The lowest BCUT2D eigenvalue weighted by atomic mass is 9.45. The average molecular weight is 621 g/mol. The number of guanidine groups is 1. The second-order valence-corrected chi connectivity index (χ2v) is 14.3. The number of aromatic nitrogens is 2. The van der Waals surface area contributed by atoms with Crippen molar-refractivity contribution in [3.8, 4) is 11.4 Å². The van der Waals surface area contributed by atoms with Crippen molar-refractivity contribution >= 4 is 22.5 Å². The molecule has 0 spiro atoms. The quantitative estimate of drug-likeness (QED) is 0.188. The Balaban J connectivity index is 1.23. The molecule has 4 aliphatic rings. The van der Waals surface area contributed by atoms with Crippen LogP contribution < -0.4 is 16.2 Å². The summed E-state index contributed by atoms with van der Waals surface area (Å²) in [6.07, 6.45) is 3.05. The fraction of sp³-hybridized carbons (Fsp3) is 0.447. The molecule has 4 fully saturated rings. The summed E-state index contributed by atoms with van der Waals surface area (Å²) >= 11 is 0. The largest absolute Gasteiger partial charge is 0.340 e. The Morgan fingerprint density at radius 2 is 1.85 bits per heavy atom. The maximum absolute atomic E-state index is 14.0. The smallest absolute Gasteiger partial charge is 0.261 e. The number of piperazine rings is 1. The maximum Gasteiger partial charge on any atom is 0.261 e. The van der Waals surface area contributed by atoms with Gasteiger partial charge in [-0.3, -0.25) is 9.36 Å². The number of fused-ring (bicyclic) bond motifs is 3. The molecule has 2 bridgehead atoms. The number of rotatable bonds is 6. The van der Waals surface area contributed by atoms with Gasteiger partial charge in [0.1, 0.15) is 11.6 Å². The minimum atomic E-state index is -0.267. The molecular formula is C38H45FN6O. The van der Waals surface area contributed by atoms with E-state index in [4.69, 9.17) is 9.98 Å². The standard InChI is InChI=1S/C38H45FN6O/c1-24-23-44(19-17-40-24)37(43-33-21-28-20-32(25(33)2)38(28,3)4)41-30-14-15-31-34(22-30)42-35(27-8-6-5-7-9-27)45(36(31)46)18-16-26-10-12-29(39)13-11-26/h5-15,22,24-25,28,32-33,40H,16-21,23H2,1-4H3,(H,41,43)/t24-,25-,28-,32+,33-/m0/s1. The predicted molar refractivity (Wildman–Crippen MR) is 185 cm³/mol. The first kappa shape index (κ1) is 30.6. The normalized spacial score (nSPS) is 25.7. The number of benzene rings is 3. The molecule has 2 heterocycles. The van der Waals surface area contributed by atoms with Gasteiger partial charge >= 0.3 is 0 Å². The van der Waals surface area contributed by atoms with Gasteiger partial charge < -0.3 is 15.5 Å². The van der Waals surface area contributed by atoms with Crippen molar-refractivity contribution in [2.75, 3.05) is 25.0 Å². The molecule has 7 nitrogen and oxygen atoms in total. The Kier molecular flexibility index (Phi) is 8.17. The van der Waals surface area contributed by atoms with Crippen molar-refractivity contribution in [2.45, 2.75) is 65.6 Å². The molecule has 240 valence electrons. The second-order valence-electron chi connectivity index (χ2n) is 14.3. The lowest BCUT2D eigenvalue weighted by Crippen LogP contribution is -2.57. The molecule has 8 rings (SSSR count). The summed E-state index contributed by atoms with van der Waals surface area (Å²) < 4.78 is 15.3. The van der Waals surface area contributed by atoms with Gasteiger partial charge in [0.05, 0.1) is 16.9 Å². The molecule has 2 N–H and O–H groups in total. The van der Waals surface area contributed by atoms with Gasteiger partial charge in [-0.2, -0.15) is 0 Å². The highest BCUT2D eigenvalue weighted by Gasteiger charge is 2.56. The third-order valence-electron chi connectivity index (χ3n) is 11.1. The number of anilines is 1. The zero-order valence-corrected chi connectivity index (χ0v) is 27.3. The summed E-state index contributed by atoms with van der Waals surface area (Å²) in [4.78, 5) is 26.9. The van der Waals surface area contributed by atoms with E-state index in [0.29, 0.717) is 53.1 Å². The van der Waals surface area contributed by atoms with Gasteiger partial charge in [-0.1, -0.05) is 63.2 Å². The van der Waals surface area contributed by atoms with E-state index in [0.717, 1.165) is 60.7 Å². The van der Waals surface area contributed by atoms with Crippen LogP contribution in [-0.4, -0.2) is 52.1 Å². The molecule has 1 saturated heterocycles. The van der Waals surface area contributed by atoms with Crippen LogP contribution in [0.5, 0.6) is 0 Å². The average Bonchev–Trinajstić information content (AvgIpc) is 3.05. The van der Waals surface area contributed by atoms with Crippen molar-refractivity contribution in [3.63, 3.8) is 0 Å².